The molecule has 2 aromatic carbocycles. The Hall–Kier alpha value is -1.19. The topological polar surface area (TPSA) is 17.1 Å². The number of hydrogen-bond acceptors (Lipinski definition) is 3. The number of unbranched alkanes of at least 4 members (excludes halogenated alkanes) is 2. The highest BCUT2D eigenvalue weighted by atomic mass is 32.2. The monoisotopic (exact) mass is 372 g/mol. The molecule has 0 bridgehead atoms. The summed E-state index contributed by atoms with van der Waals surface area (Å²) in [6.45, 7) is 0. The lowest BCUT2D eigenvalue weighted by atomic mass is 10.1. The number of rotatable bonds is 13. The minimum atomic E-state index is 0.690. The van der Waals surface area contributed by atoms with Crippen molar-refractivity contribution in [2.75, 3.05) is 5.75 Å². The zero-order chi connectivity index (χ0) is 17.6. The molecule has 0 N–H and O–H groups in total. The van der Waals surface area contributed by atoms with Crippen LogP contribution in [0.25, 0.3) is 0 Å². The Bertz CT molecular complexity index is 571. The average Bonchev–Trinajstić information content (AvgIpc) is 2.67. The van der Waals surface area contributed by atoms with Crippen molar-refractivity contribution in [3.8, 4) is 0 Å². The van der Waals surface area contributed by atoms with Crippen LogP contribution >= 0.6 is 23.5 Å². The van der Waals surface area contributed by atoms with Crippen LogP contribution in [0.5, 0.6) is 0 Å². The maximum absolute atomic E-state index is 10.5. The third-order valence-corrected chi connectivity index (χ3v) is 6.63. The van der Waals surface area contributed by atoms with Crippen molar-refractivity contribution < 1.29 is 4.79 Å². The second-order valence-electron chi connectivity index (χ2n) is 6.20. The lowest BCUT2D eigenvalue weighted by Gasteiger charge is -2.16. The molecule has 0 fully saturated rings. The summed E-state index contributed by atoms with van der Waals surface area (Å²) in [6.07, 6.45) is 6.41. The fraction of sp³-hybridized carbons (Fsp3) is 0.409. The Kier molecular flexibility index (Phi) is 10.5. The van der Waals surface area contributed by atoms with E-state index >= 15 is 0 Å². The van der Waals surface area contributed by atoms with E-state index < -0.39 is 0 Å². The molecule has 3 heteroatoms. The smallest absolute Gasteiger partial charge is 0.119 e. The molecule has 0 aliphatic heterocycles. The maximum Gasteiger partial charge on any atom is 0.119 e. The minimum Gasteiger partial charge on any atom is -0.303 e. The highest BCUT2D eigenvalue weighted by Gasteiger charge is 2.10. The molecule has 2 aromatic rings. The molecule has 0 spiro atoms. The Morgan fingerprint density at radius 1 is 0.800 bits per heavy atom. The molecule has 25 heavy (non-hydrogen) atoms. The lowest BCUT2D eigenvalue weighted by molar-refractivity contribution is -0.107. The Balaban J connectivity index is 1.71. The third-order valence-electron chi connectivity index (χ3n) is 4.12. The van der Waals surface area contributed by atoms with Gasteiger partial charge < -0.3 is 4.79 Å². The molecular weight excluding hydrogens is 344 g/mol. The predicted molar refractivity (Wildman–Crippen MR) is 113 cm³/mol. The number of aldehydes is 1. The summed E-state index contributed by atoms with van der Waals surface area (Å²) in [4.78, 5) is 10.5. The van der Waals surface area contributed by atoms with Crippen molar-refractivity contribution >= 4 is 29.8 Å². The fourth-order valence-electron chi connectivity index (χ4n) is 2.68. The number of thioether (sulfide) groups is 2. The standard InChI is InChI=1S/C22H28OS2/c23-16-9-3-8-14-22(25-19-21-12-6-2-7-13-21)15-17-24-18-20-10-4-1-5-11-20/h1-2,4-7,10-13,16,22H,3,8-9,14-15,17-19H2/t22-/m1/s1. The van der Waals surface area contributed by atoms with Gasteiger partial charge in [0, 0.05) is 23.2 Å². The fourth-order valence-corrected chi connectivity index (χ4v) is 5.09. The van der Waals surface area contributed by atoms with Crippen LogP contribution in [-0.4, -0.2) is 17.3 Å². The lowest BCUT2D eigenvalue weighted by Crippen LogP contribution is -2.05. The van der Waals surface area contributed by atoms with Gasteiger partial charge in [0.2, 0.25) is 0 Å². The van der Waals surface area contributed by atoms with Gasteiger partial charge in [-0.2, -0.15) is 23.5 Å². The molecule has 0 saturated carbocycles. The largest absolute Gasteiger partial charge is 0.303 e. The molecule has 0 aliphatic carbocycles. The molecular formula is C22H28OS2. The quantitative estimate of drug-likeness (QED) is 0.300. The second kappa shape index (κ2) is 13.1. The van der Waals surface area contributed by atoms with E-state index in [2.05, 4.69) is 72.4 Å². The van der Waals surface area contributed by atoms with Crippen molar-refractivity contribution in [1.29, 1.82) is 0 Å². The molecule has 134 valence electrons. The Labute approximate surface area is 161 Å². The molecule has 1 atom stereocenters. The third kappa shape index (κ3) is 9.18. The molecule has 0 saturated heterocycles. The first-order valence-corrected chi connectivity index (χ1v) is 11.3. The maximum atomic E-state index is 10.5. The van der Waals surface area contributed by atoms with E-state index in [4.69, 9.17) is 0 Å². The van der Waals surface area contributed by atoms with E-state index in [-0.39, 0.29) is 0 Å². The first-order valence-electron chi connectivity index (χ1n) is 9.09. The SMILES string of the molecule is O=CCCCC[C@H](CCSCc1ccccc1)SCc1ccccc1. The summed E-state index contributed by atoms with van der Waals surface area (Å²) in [5, 5.41) is 0.690. The van der Waals surface area contributed by atoms with Crippen molar-refractivity contribution in [2.45, 2.75) is 48.9 Å². The number of benzene rings is 2. The molecule has 1 nitrogen and oxygen atoms in total. The van der Waals surface area contributed by atoms with Gasteiger partial charge in [-0.15, -0.1) is 0 Å². The molecule has 0 unspecified atom stereocenters. The summed E-state index contributed by atoms with van der Waals surface area (Å²) < 4.78 is 0. The van der Waals surface area contributed by atoms with Crippen molar-refractivity contribution in [2.24, 2.45) is 0 Å². The predicted octanol–water partition coefficient (Wildman–Crippen LogP) is 6.37. The molecule has 0 aliphatic rings. The van der Waals surface area contributed by atoms with Crippen LogP contribution in [0.3, 0.4) is 0 Å². The van der Waals surface area contributed by atoms with Gasteiger partial charge in [0.1, 0.15) is 6.29 Å². The van der Waals surface area contributed by atoms with Crippen LogP contribution in [0.2, 0.25) is 0 Å². The van der Waals surface area contributed by atoms with E-state index in [1.807, 2.05) is 11.8 Å². The summed E-state index contributed by atoms with van der Waals surface area (Å²) >= 11 is 4.11. The molecule has 0 aromatic heterocycles. The number of hydrogen-bond donors (Lipinski definition) is 0. The van der Waals surface area contributed by atoms with Crippen LogP contribution in [0.1, 0.15) is 43.2 Å². The van der Waals surface area contributed by atoms with Crippen LogP contribution in [0.15, 0.2) is 60.7 Å². The van der Waals surface area contributed by atoms with E-state index in [0.717, 1.165) is 30.6 Å². The van der Waals surface area contributed by atoms with Gasteiger partial charge in [-0.3, -0.25) is 0 Å². The zero-order valence-corrected chi connectivity index (χ0v) is 16.4. The minimum absolute atomic E-state index is 0.690. The average molecular weight is 373 g/mol. The van der Waals surface area contributed by atoms with Gasteiger partial charge in [-0.05, 0) is 36.1 Å². The normalized spacial score (nSPS) is 12.0. The van der Waals surface area contributed by atoms with Gasteiger partial charge in [-0.25, -0.2) is 0 Å². The van der Waals surface area contributed by atoms with E-state index in [1.54, 1.807) is 0 Å². The Morgan fingerprint density at radius 2 is 1.44 bits per heavy atom. The van der Waals surface area contributed by atoms with Gasteiger partial charge in [0.15, 0.2) is 0 Å². The Morgan fingerprint density at radius 3 is 2.08 bits per heavy atom. The summed E-state index contributed by atoms with van der Waals surface area (Å²) in [5.41, 5.74) is 2.81. The molecule has 0 heterocycles. The van der Waals surface area contributed by atoms with Gasteiger partial charge in [-0.1, -0.05) is 67.1 Å². The van der Waals surface area contributed by atoms with Crippen molar-refractivity contribution in [1.82, 2.24) is 0 Å². The van der Waals surface area contributed by atoms with E-state index in [0.29, 0.717) is 11.7 Å². The zero-order valence-electron chi connectivity index (χ0n) is 14.8. The molecule has 0 radical (unpaired) electrons. The highest BCUT2D eigenvalue weighted by Crippen LogP contribution is 2.27. The van der Waals surface area contributed by atoms with E-state index in [9.17, 15) is 4.79 Å². The van der Waals surface area contributed by atoms with Crippen LogP contribution < -0.4 is 0 Å². The second-order valence-corrected chi connectivity index (χ2v) is 8.59. The van der Waals surface area contributed by atoms with Crippen LogP contribution in [-0.2, 0) is 16.3 Å². The summed E-state index contributed by atoms with van der Waals surface area (Å²) in [6, 6.07) is 21.4. The number of carbonyl (C=O) groups excluding carboxylic acids is 1. The van der Waals surface area contributed by atoms with Crippen molar-refractivity contribution in [3.63, 3.8) is 0 Å². The van der Waals surface area contributed by atoms with Crippen LogP contribution in [0.4, 0.5) is 0 Å². The summed E-state index contributed by atoms with van der Waals surface area (Å²) in [5.74, 6) is 3.39. The molecule has 0 amide bonds. The first kappa shape index (κ1) is 20.1. The molecule has 2 rings (SSSR count). The van der Waals surface area contributed by atoms with Gasteiger partial charge in [0.25, 0.3) is 0 Å². The first-order chi connectivity index (χ1) is 12.4. The van der Waals surface area contributed by atoms with Crippen molar-refractivity contribution in [3.05, 3.63) is 71.8 Å². The van der Waals surface area contributed by atoms with Gasteiger partial charge >= 0.3 is 0 Å². The number of carbonyl (C=O) groups is 1. The highest BCUT2D eigenvalue weighted by molar-refractivity contribution is 7.99. The van der Waals surface area contributed by atoms with E-state index in [1.165, 1.54) is 29.7 Å². The summed E-state index contributed by atoms with van der Waals surface area (Å²) in [7, 11) is 0. The van der Waals surface area contributed by atoms with Crippen LogP contribution in [0, 0.1) is 0 Å². The van der Waals surface area contributed by atoms with Gasteiger partial charge in [0.05, 0.1) is 0 Å².